The second-order valence-electron chi connectivity index (χ2n) is 6.26. The van der Waals surface area contributed by atoms with Gasteiger partial charge in [-0.05, 0) is 30.2 Å². The average Bonchev–Trinajstić information content (AvgIpc) is 3.04. The van der Waals surface area contributed by atoms with Gasteiger partial charge in [0.2, 0.25) is 5.91 Å². The first kappa shape index (κ1) is 16.5. The second kappa shape index (κ2) is 7.06. The number of piperazine rings is 1. The summed E-state index contributed by atoms with van der Waals surface area (Å²) < 4.78 is 0. The molecule has 2 aliphatic rings. The molecule has 0 bridgehead atoms. The van der Waals surface area contributed by atoms with Crippen molar-refractivity contribution in [1.29, 1.82) is 0 Å². The van der Waals surface area contributed by atoms with Crippen LogP contribution in [0.25, 0.3) is 0 Å². The van der Waals surface area contributed by atoms with E-state index in [1.54, 1.807) is 0 Å². The monoisotopic (exact) mass is 325 g/mol. The minimum Gasteiger partial charge on any atom is -0.336 e. The van der Waals surface area contributed by atoms with E-state index < -0.39 is 0 Å². The molecule has 3 rings (SSSR count). The van der Waals surface area contributed by atoms with Gasteiger partial charge in [0, 0.05) is 50.4 Å². The molecule has 0 unspecified atom stereocenters. The SMILES string of the molecule is C#CCN1CCN(C(=O)c2ccc3c(c2)CCN3C(=O)CC)CC1. The van der Waals surface area contributed by atoms with Crippen LogP contribution in [0.2, 0.25) is 0 Å². The molecular formula is C19H23N3O2. The summed E-state index contributed by atoms with van der Waals surface area (Å²) in [5, 5.41) is 0. The quantitative estimate of drug-likeness (QED) is 0.789. The molecule has 0 N–H and O–H groups in total. The molecule has 1 aromatic carbocycles. The van der Waals surface area contributed by atoms with Crippen LogP contribution in [-0.2, 0) is 11.2 Å². The van der Waals surface area contributed by atoms with Crippen LogP contribution in [0.5, 0.6) is 0 Å². The fourth-order valence-electron chi connectivity index (χ4n) is 3.41. The highest BCUT2D eigenvalue weighted by Crippen LogP contribution is 2.29. The highest BCUT2D eigenvalue weighted by Gasteiger charge is 2.26. The maximum atomic E-state index is 12.7. The van der Waals surface area contributed by atoms with Gasteiger partial charge in [0.15, 0.2) is 0 Å². The van der Waals surface area contributed by atoms with Gasteiger partial charge in [-0.1, -0.05) is 12.8 Å². The van der Waals surface area contributed by atoms with E-state index in [4.69, 9.17) is 6.42 Å². The van der Waals surface area contributed by atoms with Crippen molar-refractivity contribution in [3.05, 3.63) is 29.3 Å². The lowest BCUT2D eigenvalue weighted by molar-refractivity contribution is -0.118. The molecule has 0 atom stereocenters. The van der Waals surface area contributed by atoms with Crippen molar-refractivity contribution in [2.45, 2.75) is 19.8 Å². The molecule has 2 amide bonds. The van der Waals surface area contributed by atoms with Gasteiger partial charge in [-0.2, -0.15) is 0 Å². The van der Waals surface area contributed by atoms with Crippen molar-refractivity contribution >= 4 is 17.5 Å². The minimum atomic E-state index is 0.0680. The van der Waals surface area contributed by atoms with Crippen molar-refractivity contribution in [2.24, 2.45) is 0 Å². The van der Waals surface area contributed by atoms with Gasteiger partial charge in [0.25, 0.3) is 5.91 Å². The Labute approximate surface area is 143 Å². The van der Waals surface area contributed by atoms with E-state index in [-0.39, 0.29) is 11.8 Å². The molecule has 0 aliphatic carbocycles. The summed E-state index contributed by atoms with van der Waals surface area (Å²) in [6.07, 6.45) is 6.66. The molecule has 5 heteroatoms. The number of amides is 2. The largest absolute Gasteiger partial charge is 0.336 e. The molecule has 0 spiro atoms. The van der Waals surface area contributed by atoms with Crippen molar-refractivity contribution < 1.29 is 9.59 Å². The summed E-state index contributed by atoms with van der Waals surface area (Å²) in [6, 6.07) is 5.71. The van der Waals surface area contributed by atoms with Crippen LogP contribution >= 0.6 is 0 Å². The number of nitrogens with zero attached hydrogens (tertiary/aromatic N) is 3. The van der Waals surface area contributed by atoms with Crippen molar-refractivity contribution in [3.63, 3.8) is 0 Å². The Morgan fingerprint density at radius 3 is 2.58 bits per heavy atom. The predicted octanol–water partition coefficient (Wildman–Crippen LogP) is 1.38. The van der Waals surface area contributed by atoms with Crippen LogP contribution in [0.4, 0.5) is 5.69 Å². The number of terminal acetylenes is 1. The Balaban J connectivity index is 1.70. The molecule has 0 radical (unpaired) electrons. The first-order chi connectivity index (χ1) is 11.6. The molecule has 2 aliphatic heterocycles. The molecule has 1 aromatic rings. The fraction of sp³-hybridized carbons (Fsp3) is 0.474. The molecule has 24 heavy (non-hydrogen) atoms. The Bertz CT molecular complexity index is 684. The number of hydrogen-bond acceptors (Lipinski definition) is 3. The molecule has 126 valence electrons. The molecule has 0 aromatic heterocycles. The third-order valence-electron chi connectivity index (χ3n) is 4.80. The topological polar surface area (TPSA) is 43.9 Å². The first-order valence-corrected chi connectivity index (χ1v) is 8.52. The zero-order valence-corrected chi connectivity index (χ0v) is 14.1. The van der Waals surface area contributed by atoms with Crippen LogP contribution in [-0.4, -0.2) is 60.9 Å². The Morgan fingerprint density at radius 2 is 1.92 bits per heavy atom. The summed E-state index contributed by atoms with van der Waals surface area (Å²) in [6.45, 7) is 6.28. The summed E-state index contributed by atoms with van der Waals surface area (Å²) in [7, 11) is 0. The number of carbonyl (C=O) groups is 2. The Morgan fingerprint density at radius 1 is 1.17 bits per heavy atom. The normalized spacial score (nSPS) is 17.5. The number of carbonyl (C=O) groups excluding carboxylic acids is 2. The van der Waals surface area contributed by atoms with Gasteiger partial charge >= 0.3 is 0 Å². The summed E-state index contributed by atoms with van der Waals surface area (Å²) in [5.41, 5.74) is 2.76. The molecule has 5 nitrogen and oxygen atoms in total. The maximum Gasteiger partial charge on any atom is 0.253 e. The molecule has 2 heterocycles. The second-order valence-corrected chi connectivity index (χ2v) is 6.26. The van der Waals surface area contributed by atoms with Gasteiger partial charge in [0.1, 0.15) is 0 Å². The number of anilines is 1. The summed E-state index contributed by atoms with van der Waals surface area (Å²) >= 11 is 0. The molecule has 0 saturated carbocycles. The van der Waals surface area contributed by atoms with Crippen LogP contribution < -0.4 is 4.90 Å². The predicted molar refractivity (Wildman–Crippen MR) is 94.0 cm³/mol. The zero-order valence-electron chi connectivity index (χ0n) is 14.1. The van der Waals surface area contributed by atoms with Crippen molar-refractivity contribution in [3.8, 4) is 12.3 Å². The lowest BCUT2D eigenvalue weighted by Crippen LogP contribution is -2.48. The number of benzene rings is 1. The van der Waals surface area contributed by atoms with E-state index in [2.05, 4.69) is 10.8 Å². The third kappa shape index (κ3) is 3.15. The Kier molecular flexibility index (Phi) is 4.86. The molecule has 1 saturated heterocycles. The zero-order chi connectivity index (χ0) is 17.1. The summed E-state index contributed by atoms with van der Waals surface area (Å²) in [4.78, 5) is 30.6. The lowest BCUT2D eigenvalue weighted by atomic mass is 10.1. The smallest absolute Gasteiger partial charge is 0.253 e. The molecular weight excluding hydrogens is 302 g/mol. The highest BCUT2D eigenvalue weighted by molar-refractivity contribution is 5.98. The van der Waals surface area contributed by atoms with E-state index in [1.807, 2.05) is 34.9 Å². The third-order valence-corrected chi connectivity index (χ3v) is 4.80. The number of hydrogen-bond donors (Lipinski definition) is 0. The number of fused-ring (bicyclic) bond motifs is 1. The van der Waals surface area contributed by atoms with Gasteiger partial charge in [0.05, 0.1) is 6.54 Å². The van der Waals surface area contributed by atoms with Crippen LogP contribution in [0.1, 0.15) is 29.3 Å². The van der Waals surface area contributed by atoms with Gasteiger partial charge in [-0.25, -0.2) is 0 Å². The van der Waals surface area contributed by atoms with E-state index in [0.717, 1.165) is 30.8 Å². The lowest BCUT2D eigenvalue weighted by Gasteiger charge is -2.33. The maximum absolute atomic E-state index is 12.7. The first-order valence-electron chi connectivity index (χ1n) is 8.52. The molecule has 1 fully saturated rings. The van der Waals surface area contributed by atoms with Gasteiger partial charge < -0.3 is 9.80 Å². The number of rotatable bonds is 3. The summed E-state index contributed by atoms with van der Waals surface area (Å²) in [5.74, 6) is 2.85. The standard InChI is InChI=1S/C19H23N3O2/c1-3-8-20-10-12-21(13-11-20)19(24)16-5-6-17-15(14-16)7-9-22(17)18(23)4-2/h1,5-6,14H,4,7-13H2,2H3. The van der Waals surface area contributed by atoms with Crippen LogP contribution in [0, 0.1) is 12.3 Å². The fourth-order valence-corrected chi connectivity index (χ4v) is 3.41. The minimum absolute atomic E-state index is 0.0680. The van der Waals surface area contributed by atoms with E-state index in [9.17, 15) is 9.59 Å². The van der Waals surface area contributed by atoms with Gasteiger partial charge in [-0.15, -0.1) is 6.42 Å². The van der Waals surface area contributed by atoms with Crippen molar-refractivity contribution in [2.75, 3.05) is 44.2 Å². The average molecular weight is 325 g/mol. The highest BCUT2D eigenvalue weighted by atomic mass is 16.2. The van der Waals surface area contributed by atoms with E-state index in [1.165, 1.54) is 0 Å². The Hall–Kier alpha value is -2.32. The van der Waals surface area contributed by atoms with Gasteiger partial charge in [-0.3, -0.25) is 14.5 Å². The van der Waals surface area contributed by atoms with E-state index in [0.29, 0.717) is 38.2 Å². The van der Waals surface area contributed by atoms with E-state index >= 15 is 0 Å². The van der Waals surface area contributed by atoms with Crippen molar-refractivity contribution in [1.82, 2.24) is 9.80 Å². The van der Waals surface area contributed by atoms with Crippen LogP contribution in [0.15, 0.2) is 18.2 Å². The van der Waals surface area contributed by atoms with Crippen LogP contribution in [0.3, 0.4) is 0 Å².